The van der Waals surface area contributed by atoms with Gasteiger partial charge < -0.3 is 15.0 Å². The van der Waals surface area contributed by atoms with Crippen LogP contribution in [0, 0.1) is 10.7 Å². The molecule has 0 saturated carbocycles. The Hall–Kier alpha value is -2.62. The molecule has 1 saturated heterocycles. The average Bonchev–Trinajstić information content (AvgIpc) is 3.15. The van der Waals surface area contributed by atoms with Gasteiger partial charge >= 0.3 is 0 Å². The van der Waals surface area contributed by atoms with Crippen LogP contribution in [0.5, 0.6) is 0 Å². The number of ether oxygens (including phenoxy) is 1. The van der Waals surface area contributed by atoms with Gasteiger partial charge in [0, 0.05) is 19.2 Å². The fourth-order valence-electron chi connectivity index (χ4n) is 2.85. The van der Waals surface area contributed by atoms with Crippen molar-refractivity contribution in [2.45, 2.75) is 25.4 Å². The van der Waals surface area contributed by atoms with Gasteiger partial charge in [-0.05, 0) is 37.2 Å². The van der Waals surface area contributed by atoms with E-state index in [-0.39, 0.29) is 17.0 Å². The van der Waals surface area contributed by atoms with Gasteiger partial charge in [0.2, 0.25) is 0 Å². The Kier molecular flexibility index (Phi) is 5.71. The van der Waals surface area contributed by atoms with Crippen molar-refractivity contribution in [1.82, 2.24) is 20.3 Å². The molecule has 10 heteroatoms. The minimum atomic E-state index is -0.337. The third-order valence-corrected chi connectivity index (χ3v) is 4.60. The van der Waals surface area contributed by atoms with Crippen LogP contribution in [0.2, 0.25) is 0 Å². The van der Waals surface area contributed by atoms with E-state index in [2.05, 4.69) is 20.8 Å². The van der Waals surface area contributed by atoms with E-state index in [0.29, 0.717) is 49.5 Å². The summed E-state index contributed by atoms with van der Waals surface area (Å²) < 4.78 is 20.9. The van der Waals surface area contributed by atoms with Crippen molar-refractivity contribution in [3.05, 3.63) is 40.8 Å². The Morgan fingerprint density at radius 3 is 2.88 bits per heavy atom. The van der Waals surface area contributed by atoms with Crippen molar-refractivity contribution in [3.8, 4) is 5.69 Å². The number of hydrogen-bond acceptors (Lipinski definition) is 7. The molecule has 2 aromatic rings. The van der Waals surface area contributed by atoms with E-state index in [4.69, 9.17) is 17.0 Å². The Balaban J connectivity index is 1.69. The summed E-state index contributed by atoms with van der Waals surface area (Å²) in [6.45, 7) is 1.60. The number of nitroso groups, excluding NO2 is 1. The summed E-state index contributed by atoms with van der Waals surface area (Å²) >= 11 is 4.90. The molecule has 0 spiro atoms. The molecule has 2 heterocycles. The molecule has 0 atom stereocenters. The lowest BCUT2D eigenvalue weighted by atomic mass is 10.1. The van der Waals surface area contributed by atoms with E-state index >= 15 is 0 Å². The van der Waals surface area contributed by atoms with Crippen molar-refractivity contribution in [2.75, 3.05) is 25.1 Å². The predicted octanol–water partition coefficient (Wildman–Crippen LogP) is 2.16. The van der Waals surface area contributed by atoms with Crippen molar-refractivity contribution >= 4 is 23.1 Å². The molecule has 138 valence electrons. The highest BCUT2D eigenvalue weighted by molar-refractivity contribution is 7.80. The van der Waals surface area contributed by atoms with Crippen LogP contribution in [0.1, 0.15) is 18.5 Å². The highest BCUT2D eigenvalue weighted by Crippen LogP contribution is 2.26. The topological polar surface area (TPSA) is 84.6 Å². The molecule has 0 aliphatic carbocycles. The summed E-state index contributed by atoms with van der Waals surface area (Å²) in [7, 11) is 1.48. The molecule has 0 unspecified atom stereocenters. The summed E-state index contributed by atoms with van der Waals surface area (Å²) in [4.78, 5) is 12.5. The van der Waals surface area contributed by atoms with Gasteiger partial charge in [0.15, 0.2) is 0 Å². The number of aromatic nitrogens is 3. The van der Waals surface area contributed by atoms with Crippen LogP contribution >= 0.6 is 12.2 Å². The summed E-state index contributed by atoms with van der Waals surface area (Å²) in [6.07, 6.45) is 2.99. The zero-order chi connectivity index (χ0) is 18.5. The zero-order valence-corrected chi connectivity index (χ0v) is 15.1. The van der Waals surface area contributed by atoms with E-state index in [9.17, 15) is 9.30 Å². The number of piperidine rings is 1. The second-order valence-electron chi connectivity index (χ2n) is 5.96. The molecule has 0 bridgehead atoms. The standard InChI is InChI=1S/C16H19FN6O2S/c1-25-16(26)18-9-12-10-23(21-19-12)13-2-3-15(14(17)8-13)22-6-4-11(20-24)5-7-22/h2-3,8,10-11H,4-7,9H2,1H3,(H,18,26). The van der Waals surface area contributed by atoms with E-state index in [0.717, 1.165) is 0 Å². The van der Waals surface area contributed by atoms with Gasteiger partial charge in [-0.1, -0.05) is 10.4 Å². The Morgan fingerprint density at radius 2 is 2.23 bits per heavy atom. The third kappa shape index (κ3) is 4.13. The molecule has 1 aliphatic rings. The quantitative estimate of drug-likeness (QED) is 0.630. The highest BCUT2D eigenvalue weighted by atomic mass is 32.1. The second-order valence-corrected chi connectivity index (χ2v) is 6.33. The number of nitrogens with zero attached hydrogens (tertiary/aromatic N) is 5. The first-order valence-corrected chi connectivity index (χ1v) is 8.62. The van der Waals surface area contributed by atoms with Crippen molar-refractivity contribution < 1.29 is 9.13 Å². The summed E-state index contributed by atoms with van der Waals surface area (Å²) in [5.41, 5.74) is 1.74. The number of methoxy groups -OCH3 is 1. The highest BCUT2D eigenvalue weighted by Gasteiger charge is 2.22. The number of hydrogen-bond donors (Lipinski definition) is 1. The van der Waals surface area contributed by atoms with Crippen molar-refractivity contribution in [1.29, 1.82) is 0 Å². The van der Waals surface area contributed by atoms with E-state index in [1.165, 1.54) is 17.9 Å². The van der Waals surface area contributed by atoms with Crippen LogP contribution in [0.3, 0.4) is 0 Å². The molecule has 0 amide bonds. The van der Waals surface area contributed by atoms with Gasteiger partial charge in [-0.3, -0.25) is 0 Å². The van der Waals surface area contributed by atoms with Crippen molar-refractivity contribution in [2.24, 2.45) is 5.18 Å². The van der Waals surface area contributed by atoms with Gasteiger partial charge in [0.25, 0.3) is 5.17 Å². The fraction of sp³-hybridized carbons (Fsp3) is 0.438. The summed E-state index contributed by atoms with van der Waals surface area (Å²) in [5.74, 6) is -0.337. The molecule has 1 aliphatic heterocycles. The minimum Gasteiger partial charge on any atom is -0.474 e. The van der Waals surface area contributed by atoms with Gasteiger partial charge in [-0.15, -0.1) is 5.10 Å². The average molecular weight is 378 g/mol. The number of anilines is 1. The molecule has 8 nitrogen and oxygen atoms in total. The fourth-order valence-corrected chi connectivity index (χ4v) is 2.92. The number of halogens is 1. The Bertz CT molecular complexity index is 791. The number of benzene rings is 1. The maximum absolute atomic E-state index is 14.6. The van der Waals surface area contributed by atoms with Crippen LogP contribution in [-0.2, 0) is 11.3 Å². The number of thiocarbonyl (C=S) groups is 1. The van der Waals surface area contributed by atoms with Gasteiger partial charge in [-0.25, -0.2) is 9.07 Å². The van der Waals surface area contributed by atoms with Gasteiger partial charge in [0.1, 0.15) is 11.5 Å². The Morgan fingerprint density at radius 1 is 1.46 bits per heavy atom. The zero-order valence-electron chi connectivity index (χ0n) is 14.3. The van der Waals surface area contributed by atoms with Crippen molar-refractivity contribution in [3.63, 3.8) is 0 Å². The van der Waals surface area contributed by atoms with Gasteiger partial charge in [-0.2, -0.15) is 4.91 Å². The van der Waals surface area contributed by atoms with Crippen LogP contribution in [0.4, 0.5) is 10.1 Å². The van der Waals surface area contributed by atoms with Crippen LogP contribution in [0.15, 0.2) is 29.6 Å². The third-order valence-electron chi connectivity index (χ3n) is 4.29. The molecule has 3 rings (SSSR count). The first-order valence-electron chi connectivity index (χ1n) is 8.21. The monoisotopic (exact) mass is 378 g/mol. The minimum absolute atomic E-state index is 0.165. The molecule has 1 fully saturated rings. The molecule has 26 heavy (non-hydrogen) atoms. The molecule has 0 radical (unpaired) electrons. The maximum atomic E-state index is 14.6. The first kappa shape index (κ1) is 18.2. The molecule has 1 N–H and O–H groups in total. The van der Waals surface area contributed by atoms with Crippen LogP contribution < -0.4 is 10.2 Å². The number of nitrogens with one attached hydrogen (secondary N) is 1. The summed E-state index contributed by atoms with van der Waals surface area (Å²) in [5, 5.41) is 14.2. The van der Waals surface area contributed by atoms with Gasteiger partial charge in [0.05, 0.1) is 37.3 Å². The van der Waals surface area contributed by atoms with E-state index in [1.54, 1.807) is 18.3 Å². The lowest BCUT2D eigenvalue weighted by Gasteiger charge is -2.31. The van der Waals surface area contributed by atoms with Crippen LogP contribution in [0.25, 0.3) is 5.69 Å². The number of rotatable bonds is 5. The maximum Gasteiger partial charge on any atom is 0.256 e. The largest absolute Gasteiger partial charge is 0.474 e. The van der Waals surface area contributed by atoms with E-state index < -0.39 is 0 Å². The molecule has 1 aromatic heterocycles. The SMILES string of the molecule is COC(=S)NCc1cn(-c2ccc(N3CCC(N=O)CC3)c(F)c2)nn1. The normalized spacial score (nSPS) is 14.9. The summed E-state index contributed by atoms with van der Waals surface area (Å²) in [6, 6.07) is 4.76. The predicted molar refractivity (Wildman–Crippen MR) is 98.8 cm³/mol. The first-order chi connectivity index (χ1) is 12.6. The van der Waals surface area contributed by atoms with E-state index in [1.807, 2.05) is 4.90 Å². The molecular weight excluding hydrogens is 359 g/mol. The molecule has 1 aromatic carbocycles. The second kappa shape index (κ2) is 8.17. The lowest BCUT2D eigenvalue weighted by molar-refractivity contribution is 0.392. The van der Waals surface area contributed by atoms with Crippen LogP contribution in [-0.4, -0.2) is 46.4 Å². The Labute approximate surface area is 155 Å². The smallest absolute Gasteiger partial charge is 0.256 e. The lowest BCUT2D eigenvalue weighted by Crippen LogP contribution is -2.35. The molecular formula is C16H19FN6O2S.